The van der Waals surface area contributed by atoms with E-state index < -0.39 is 78.2 Å². The Morgan fingerprint density at radius 2 is 2.05 bits per heavy atom. The van der Waals surface area contributed by atoms with Crippen molar-refractivity contribution in [1.29, 1.82) is 0 Å². The van der Waals surface area contributed by atoms with Gasteiger partial charge in [-0.25, -0.2) is 4.79 Å². The standard InChI is InChI=1S/C15H22N2O2/c1-15(2,3)19-14(18)17-10-6-13(7-11-17)12-4-8-16-9-5-12/h4-5,8-9,13H,6-7,10-11H2,1-3H3/i4D,5D,6D2,7D2,8D,9D,10D2,11D2,13D. The molecule has 0 bridgehead atoms. The largest absolute Gasteiger partial charge is 0.444 e. The van der Waals surface area contributed by atoms with Crippen molar-refractivity contribution in [2.45, 2.75) is 45.0 Å². The van der Waals surface area contributed by atoms with Gasteiger partial charge >= 0.3 is 6.09 Å². The molecule has 0 aliphatic carbocycles. The molecule has 104 valence electrons. The van der Waals surface area contributed by atoms with E-state index in [2.05, 4.69) is 4.98 Å². The first kappa shape index (κ1) is 4.76. The first-order chi connectivity index (χ1) is 14.0. The average Bonchev–Trinajstić information content (AvgIpc) is 2.56. The third-order valence-corrected chi connectivity index (χ3v) is 1.89. The maximum absolute atomic E-state index is 12.7. The number of amides is 1. The molecule has 2 heterocycles. The van der Waals surface area contributed by atoms with Crippen molar-refractivity contribution in [3.63, 3.8) is 0 Å². The highest BCUT2D eigenvalue weighted by Gasteiger charge is 2.27. The van der Waals surface area contributed by atoms with E-state index in [-0.39, 0.29) is 0 Å². The van der Waals surface area contributed by atoms with Gasteiger partial charge in [-0.05, 0) is 57.1 Å². The van der Waals surface area contributed by atoms with Gasteiger partial charge < -0.3 is 9.64 Å². The Bertz CT molecular complexity index is 903. The van der Waals surface area contributed by atoms with Gasteiger partial charge in [0.15, 0.2) is 0 Å². The van der Waals surface area contributed by atoms with Gasteiger partial charge in [0.25, 0.3) is 0 Å². The Morgan fingerprint density at radius 1 is 1.47 bits per heavy atom. The molecule has 19 heavy (non-hydrogen) atoms. The third-order valence-electron chi connectivity index (χ3n) is 1.89. The molecule has 2 rings (SSSR count). The van der Waals surface area contributed by atoms with E-state index in [4.69, 9.17) is 22.6 Å². The fourth-order valence-corrected chi connectivity index (χ4v) is 1.16. The van der Waals surface area contributed by atoms with Gasteiger partial charge in [0.05, 0.1) is 5.48 Å². The summed E-state index contributed by atoms with van der Waals surface area (Å²) in [6.45, 7) is -3.35. The number of carbonyl (C=O) groups excluding carboxylic acids is 1. The highest BCUT2D eigenvalue weighted by Crippen LogP contribution is 2.28. The van der Waals surface area contributed by atoms with Crippen LogP contribution in [0.3, 0.4) is 0 Å². The van der Waals surface area contributed by atoms with Gasteiger partial charge in [-0.2, -0.15) is 0 Å². The molecule has 1 aliphatic heterocycles. The predicted molar refractivity (Wildman–Crippen MR) is 74.0 cm³/mol. The van der Waals surface area contributed by atoms with E-state index in [0.29, 0.717) is 0 Å². The second kappa shape index (κ2) is 5.59. The van der Waals surface area contributed by atoms with E-state index >= 15 is 0 Å². The number of piperidine rings is 1. The Morgan fingerprint density at radius 3 is 2.58 bits per heavy atom. The Balaban J connectivity index is 2.97. The minimum atomic E-state index is -3.81. The molecule has 1 aromatic rings. The number of aromatic nitrogens is 1. The lowest BCUT2D eigenvalue weighted by molar-refractivity contribution is 0.0205. The molecule has 1 saturated heterocycles. The Labute approximate surface area is 133 Å². The van der Waals surface area contributed by atoms with Crippen LogP contribution in [0.4, 0.5) is 4.79 Å². The predicted octanol–water partition coefficient (Wildman–Crippen LogP) is 3.20. The molecule has 0 atom stereocenters. The first-order valence-corrected chi connectivity index (χ1v) is 5.48. The van der Waals surface area contributed by atoms with Crippen LogP contribution >= 0.6 is 0 Å². The summed E-state index contributed by atoms with van der Waals surface area (Å²) in [5.41, 5.74) is -2.51. The molecule has 0 spiro atoms. The second-order valence-electron chi connectivity index (χ2n) is 4.62. The minimum absolute atomic E-state index is 0.393. The summed E-state index contributed by atoms with van der Waals surface area (Å²) in [4.78, 5) is 15.6. The topological polar surface area (TPSA) is 42.4 Å². The van der Waals surface area contributed by atoms with Crippen LogP contribution in [0.1, 0.15) is 62.8 Å². The van der Waals surface area contributed by atoms with E-state index in [1.165, 1.54) is 20.8 Å². The zero-order valence-corrected chi connectivity index (χ0v) is 10.7. The molecule has 4 nitrogen and oxygen atoms in total. The van der Waals surface area contributed by atoms with Gasteiger partial charge in [-0.3, -0.25) is 4.98 Å². The maximum atomic E-state index is 12.7. The summed E-state index contributed by atoms with van der Waals surface area (Å²) in [5, 5.41) is 0. The Hall–Kier alpha value is -1.58. The van der Waals surface area contributed by atoms with Crippen molar-refractivity contribution >= 4 is 6.09 Å². The van der Waals surface area contributed by atoms with Crippen molar-refractivity contribution in [3.05, 3.63) is 30.0 Å². The molecule has 4 heteroatoms. The van der Waals surface area contributed by atoms with Crippen LogP contribution in [0, 0.1) is 0 Å². The highest BCUT2D eigenvalue weighted by molar-refractivity contribution is 5.68. The zero-order chi connectivity index (χ0) is 25.5. The summed E-state index contributed by atoms with van der Waals surface area (Å²) in [6, 6.07) is -2.27. The zero-order valence-electron chi connectivity index (χ0n) is 23.7. The number of likely N-dealkylation sites (tertiary alicyclic amines) is 1. The minimum Gasteiger partial charge on any atom is -0.444 e. The fourth-order valence-electron chi connectivity index (χ4n) is 1.16. The molecule has 1 aliphatic rings. The Kier molecular flexibility index (Phi) is 1.40. The van der Waals surface area contributed by atoms with Gasteiger partial charge in [0, 0.05) is 37.7 Å². The molecule has 1 aromatic heterocycles. The SMILES string of the molecule is [2H]c1nc([2H])c([2H])c(C2([2H])C([2H])([2H])C([2H])([2H])N(C(=O)OC(C)(C)C)C([2H])([2H])C2([2H])[2H])c1[2H]. The number of ether oxygens (including phenoxy) is 1. The summed E-state index contributed by atoms with van der Waals surface area (Å²) in [5.74, 6) is -3.70. The summed E-state index contributed by atoms with van der Waals surface area (Å²) in [7, 11) is 0. The van der Waals surface area contributed by atoms with Crippen LogP contribution in [0.25, 0.3) is 0 Å². The van der Waals surface area contributed by atoms with E-state index in [9.17, 15) is 4.79 Å². The second-order valence-corrected chi connectivity index (χ2v) is 4.62. The summed E-state index contributed by atoms with van der Waals surface area (Å²) < 4.78 is 112. The van der Waals surface area contributed by atoms with E-state index in [1.54, 1.807) is 0 Å². The molecular weight excluding hydrogens is 240 g/mol. The number of hydrogen-bond acceptors (Lipinski definition) is 3. The first-order valence-electron chi connectivity index (χ1n) is 12.0. The number of nitrogens with zero attached hydrogens (tertiary/aromatic N) is 2. The lowest BCUT2D eigenvalue weighted by Gasteiger charge is -2.33. The third kappa shape index (κ3) is 3.94. The smallest absolute Gasteiger partial charge is 0.410 e. The van der Waals surface area contributed by atoms with Gasteiger partial charge in [0.2, 0.25) is 0 Å². The number of pyridine rings is 1. The molecule has 0 unspecified atom stereocenters. The van der Waals surface area contributed by atoms with Crippen LogP contribution in [0.2, 0.25) is 0 Å². The van der Waals surface area contributed by atoms with Crippen molar-refractivity contribution in [2.24, 2.45) is 0 Å². The van der Waals surface area contributed by atoms with Crippen LogP contribution < -0.4 is 0 Å². The quantitative estimate of drug-likeness (QED) is 0.790. The number of hydrogen-bond donors (Lipinski definition) is 0. The average molecular weight is 275 g/mol. The molecule has 0 N–H and O–H groups in total. The lowest BCUT2D eigenvalue weighted by atomic mass is 9.90. The number of carbonyl (C=O) groups is 1. The van der Waals surface area contributed by atoms with Crippen LogP contribution in [0.5, 0.6) is 0 Å². The van der Waals surface area contributed by atoms with Gasteiger partial charge in [-0.1, -0.05) is 0 Å². The molecular formula is C15H22N2O2. The summed E-state index contributed by atoms with van der Waals surface area (Å²) >= 11 is 0. The van der Waals surface area contributed by atoms with Crippen LogP contribution in [0.15, 0.2) is 24.4 Å². The molecule has 1 fully saturated rings. The molecule has 0 aromatic carbocycles. The van der Waals surface area contributed by atoms with Crippen molar-refractivity contribution in [2.75, 3.05) is 13.0 Å². The summed E-state index contributed by atoms with van der Waals surface area (Å²) in [6.07, 6.45) is -11.4. The van der Waals surface area contributed by atoms with Gasteiger partial charge in [-0.15, -0.1) is 0 Å². The molecule has 0 saturated carbocycles. The highest BCUT2D eigenvalue weighted by atomic mass is 16.6. The normalized spacial score (nSPS) is 39.5. The number of rotatable bonds is 1. The van der Waals surface area contributed by atoms with Crippen molar-refractivity contribution in [1.82, 2.24) is 9.88 Å². The van der Waals surface area contributed by atoms with Gasteiger partial charge in [0.1, 0.15) is 5.60 Å². The molecule has 1 amide bonds. The van der Waals surface area contributed by atoms with E-state index in [1.807, 2.05) is 0 Å². The van der Waals surface area contributed by atoms with Crippen LogP contribution in [-0.2, 0) is 4.74 Å². The maximum Gasteiger partial charge on any atom is 0.410 e. The lowest BCUT2D eigenvalue weighted by Crippen LogP contribution is -2.41. The van der Waals surface area contributed by atoms with Crippen LogP contribution in [-0.4, -0.2) is 34.6 Å². The van der Waals surface area contributed by atoms with Crippen molar-refractivity contribution < 1.29 is 27.4 Å². The monoisotopic (exact) mass is 275 g/mol. The van der Waals surface area contributed by atoms with E-state index in [0.717, 1.165) is 0 Å². The molecule has 0 radical (unpaired) electrons. The van der Waals surface area contributed by atoms with Crippen molar-refractivity contribution in [3.8, 4) is 0 Å². The fraction of sp³-hybridized carbons (Fsp3) is 0.600.